The summed E-state index contributed by atoms with van der Waals surface area (Å²) in [7, 11) is 0. The first-order chi connectivity index (χ1) is 9.18. The van der Waals surface area contributed by atoms with Crippen LogP contribution in [0.1, 0.15) is 64.2 Å². The minimum atomic E-state index is -0.381. The molecule has 2 aliphatic rings. The highest BCUT2D eigenvalue weighted by molar-refractivity contribution is 5.83. The molecule has 0 radical (unpaired) electrons. The Morgan fingerprint density at radius 3 is 2.32 bits per heavy atom. The number of aliphatic hydroxyl groups excluding tert-OH is 1. The van der Waals surface area contributed by atoms with Crippen LogP contribution in [0.2, 0.25) is 0 Å². The summed E-state index contributed by atoms with van der Waals surface area (Å²) in [5, 5.41) is 13.1. The molecule has 0 spiro atoms. The molecule has 2 rings (SSSR count). The maximum atomic E-state index is 12.6. The maximum absolute atomic E-state index is 12.6. The van der Waals surface area contributed by atoms with Crippen LogP contribution in [0.25, 0.3) is 0 Å². The van der Waals surface area contributed by atoms with E-state index in [4.69, 9.17) is 5.73 Å². The topological polar surface area (TPSA) is 75.4 Å². The van der Waals surface area contributed by atoms with Gasteiger partial charge >= 0.3 is 0 Å². The van der Waals surface area contributed by atoms with E-state index in [1.54, 1.807) is 0 Å². The lowest BCUT2D eigenvalue weighted by atomic mass is 9.78. The van der Waals surface area contributed by atoms with Crippen molar-refractivity contribution in [2.24, 2.45) is 11.1 Å². The summed E-state index contributed by atoms with van der Waals surface area (Å²) in [5.74, 6) is 0.0860. The smallest absolute Gasteiger partial charge is 0.227 e. The highest BCUT2D eigenvalue weighted by Gasteiger charge is 2.39. The highest BCUT2D eigenvalue weighted by Crippen LogP contribution is 2.35. The van der Waals surface area contributed by atoms with E-state index in [9.17, 15) is 9.90 Å². The van der Waals surface area contributed by atoms with Gasteiger partial charge in [-0.05, 0) is 25.7 Å². The Morgan fingerprint density at radius 1 is 1.11 bits per heavy atom. The van der Waals surface area contributed by atoms with Crippen LogP contribution < -0.4 is 11.1 Å². The third-order valence-electron chi connectivity index (χ3n) is 4.98. The molecular formula is C15H28N2O2. The second-order valence-electron chi connectivity index (χ2n) is 6.33. The Balaban J connectivity index is 1.99. The van der Waals surface area contributed by atoms with Crippen molar-refractivity contribution in [3.63, 3.8) is 0 Å². The van der Waals surface area contributed by atoms with Crippen LogP contribution in [0.5, 0.6) is 0 Å². The summed E-state index contributed by atoms with van der Waals surface area (Å²) in [5.41, 5.74) is 5.54. The van der Waals surface area contributed by atoms with Gasteiger partial charge in [0.25, 0.3) is 0 Å². The average Bonchev–Trinajstić information content (AvgIpc) is 2.67. The number of nitrogens with two attached hydrogens (primary N) is 1. The molecule has 4 nitrogen and oxygen atoms in total. The summed E-state index contributed by atoms with van der Waals surface area (Å²) >= 11 is 0. The van der Waals surface area contributed by atoms with Crippen LogP contribution >= 0.6 is 0 Å². The molecule has 2 atom stereocenters. The van der Waals surface area contributed by atoms with Gasteiger partial charge in [-0.15, -0.1) is 0 Å². The molecule has 2 saturated carbocycles. The van der Waals surface area contributed by atoms with Gasteiger partial charge in [0.1, 0.15) is 0 Å². The Bertz CT molecular complexity index is 299. The predicted molar refractivity (Wildman–Crippen MR) is 75.6 cm³/mol. The molecule has 0 saturated heterocycles. The van der Waals surface area contributed by atoms with E-state index in [0.29, 0.717) is 6.54 Å². The number of rotatable bonds is 3. The SMILES string of the molecule is NCC1(C(=O)N[C@@H]2CCCC[C@H]2O)CCCCCC1. The van der Waals surface area contributed by atoms with Crippen LogP contribution in [0.15, 0.2) is 0 Å². The molecule has 110 valence electrons. The monoisotopic (exact) mass is 268 g/mol. The van der Waals surface area contributed by atoms with Gasteiger partial charge in [-0.25, -0.2) is 0 Å². The lowest BCUT2D eigenvalue weighted by Gasteiger charge is -2.35. The Morgan fingerprint density at radius 2 is 1.74 bits per heavy atom. The largest absolute Gasteiger partial charge is 0.391 e. The third kappa shape index (κ3) is 3.48. The Labute approximate surface area is 116 Å². The normalized spacial score (nSPS) is 31.5. The number of carbonyl (C=O) groups is 1. The Kier molecular flexibility index (Phi) is 5.22. The lowest BCUT2D eigenvalue weighted by molar-refractivity contribution is -0.133. The van der Waals surface area contributed by atoms with Crippen LogP contribution in [-0.2, 0) is 4.79 Å². The van der Waals surface area contributed by atoms with Crippen molar-refractivity contribution < 1.29 is 9.90 Å². The molecule has 0 aliphatic heterocycles. The molecule has 19 heavy (non-hydrogen) atoms. The van der Waals surface area contributed by atoms with E-state index in [1.165, 1.54) is 12.8 Å². The van der Waals surface area contributed by atoms with Crippen molar-refractivity contribution >= 4 is 5.91 Å². The number of aliphatic hydroxyl groups is 1. The zero-order valence-corrected chi connectivity index (χ0v) is 11.9. The van der Waals surface area contributed by atoms with Crippen molar-refractivity contribution in [3.05, 3.63) is 0 Å². The summed E-state index contributed by atoms with van der Waals surface area (Å²) < 4.78 is 0. The van der Waals surface area contributed by atoms with Crippen molar-refractivity contribution in [2.45, 2.75) is 76.4 Å². The van der Waals surface area contributed by atoms with E-state index in [0.717, 1.165) is 51.4 Å². The fraction of sp³-hybridized carbons (Fsp3) is 0.933. The minimum Gasteiger partial charge on any atom is -0.391 e. The van der Waals surface area contributed by atoms with Gasteiger partial charge < -0.3 is 16.2 Å². The molecule has 0 aromatic heterocycles. The zero-order chi connectivity index (χ0) is 13.7. The van der Waals surface area contributed by atoms with E-state index in [1.807, 2.05) is 0 Å². The number of nitrogens with one attached hydrogen (secondary N) is 1. The van der Waals surface area contributed by atoms with E-state index in [-0.39, 0.29) is 23.5 Å². The van der Waals surface area contributed by atoms with Gasteiger partial charge in [-0.2, -0.15) is 0 Å². The van der Waals surface area contributed by atoms with Crippen LogP contribution in [-0.4, -0.2) is 29.7 Å². The van der Waals surface area contributed by atoms with Gasteiger partial charge in [0.15, 0.2) is 0 Å². The molecule has 4 N–H and O–H groups in total. The summed E-state index contributed by atoms with van der Waals surface area (Å²) in [6, 6.07) is -0.0621. The van der Waals surface area contributed by atoms with Crippen molar-refractivity contribution in [3.8, 4) is 0 Å². The molecule has 2 fully saturated rings. The first-order valence-electron chi connectivity index (χ1n) is 7.87. The van der Waals surface area contributed by atoms with Crippen molar-refractivity contribution in [1.29, 1.82) is 0 Å². The molecule has 0 aromatic rings. The molecule has 0 aromatic carbocycles. The average molecular weight is 268 g/mol. The maximum Gasteiger partial charge on any atom is 0.227 e. The molecule has 4 heteroatoms. The van der Waals surface area contributed by atoms with Crippen LogP contribution in [0.3, 0.4) is 0 Å². The molecule has 0 heterocycles. The molecule has 2 aliphatic carbocycles. The number of carbonyl (C=O) groups excluding carboxylic acids is 1. The van der Waals surface area contributed by atoms with Crippen LogP contribution in [0, 0.1) is 5.41 Å². The number of hydrogen-bond acceptors (Lipinski definition) is 3. The van der Waals surface area contributed by atoms with Gasteiger partial charge in [-0.3, -0.25) is 4.79 Å². The summed E-state index contributed by atoms with van der Waals surface area (Å²) in [4.78, 5) is 12.6. The molecule has 0 bridgehead atoms. The summed E-state index contributed by atoms with van der Waals surface area (Å²) in [6.07, 6.45) is 9.90. The zero-order valence-electron chi connectivity index (χ0n) is 11.9. The second-order valence-corrected chi connectivity index (χ2v) is 6.33. The van der Waals surface area contributed by atoms with Gasteiger partial charge in [0.05, 0.1) is 17.6 Å². The molecule has 0 unspecified atom stereocenters. The van der Waals surface area contributed by atoms with Gasteiger partial charge in [0, 0.05) is 6.54 Å². The van der Waals surface area contributed by atoms with E-state index >= 15 is 0 Å². The van der Waals surface area contributed by atoms with Crippen molar-refractivity contribution in [1.82, 2.24) is 5.32 Å². The minimum absolute atomic E-state index is 0.0621. The van der Waals surface area contributed by atoms with Crippen molar-refractivity contribution in [2.75, 3.05) is 6.54 Å². The Hall–Kier alpha value is -0.610. The molecular weight excluding hydrogens is 240 g/mol. The summed E-state index contributed by atoms with van der Waals surface area (Å²) in [6.45, 7) is 0.432. The predicted octanol–water partition coefficient (Wildman–Crippen LogP) is 1.71. The lowest BCUT2D eigenvalue weighted by Crippen LogP contribution is -2.53. The fourth-order valence-corrected chi connectivity index (χ4v) is 3.53. The first-order valence-corrected chi connectivity index (χ1v) is 7.87. The molecule has 1 amide bonds. The van der Waals surface area contributed by atoms with Gasteiger partial charge in [-0.1, -0.05) is 38.5 Å². The third-order valence-corrected chi connectivity index (χ3v) is 4.98. The van der Waals surface area contributed by atoms with E-state index in [2.05, 4.69) is 5.32 Å². The van der Waals surface area contributed by atoms with E-state index < -0.39 is 0 Å². The number of hydrogen-bond donors (Lipinski definition) is 3. The van der Waals surface area contributed by atoms with Crippen LogP contribution in [0.4, 0.5) is 0 Å². The first kappa shape index (κ1) is 14.8. The standard InChI is InChI=1S/C15H28N2O2/c16-11-15(9-5-1-2-6-10-15)14(19)17-12-7-3-4-8-13(12)18/h12-13,18H,1-11,16H2,(H,17,19)/t12-,13-/m1/s1. The fourth-order valence-electron chi connectivity index (χ4n) is 3.53. The number of amides is 1. The quantitative estimate of drug-likeness (QED) is 0.682. The highest BCUT2D eigenvalue weighted by atomic mass is 16.3. The second kappa shape index (κ2) is 6.71. The van der Waals surface area contributed by atoms with Gasteiger partial charge in [0.2, 0.25) is 5.91 Å².